The highest BCUT2D eigenvalue weighted by atomic mass is 16.5. The lowest BCUT2D eigenvalue weighted by Gasteiger charge is -2.31. The summed E-state index contributed by atoms with van der Waals surface area (Å²) >= 11 is 0. The second kappa shape index (κ2) is 9.17. The second-order valence-electron chi connectivity index (χ2n) is 7.68. The molecule has 0 aliphatic carbocycles. The summed E-state index contributed by atoms with van der Waals surface area (Å²) in [7, 11) is 1.58. The zero-order valence-electron chi connectivity index (χ0n) is 17.2. The number of pyridine rings is 1. The van der Waals surface area contributed by atoms with Crippen molar-refractivity contribution < 1.29 is 9.53 Å². The molecule has 0 N–H and O–H groups in total. The smallest absolute Gasteiger partial charge is 0.283 e. The Morgan fingerprint density at radius 2 is 1.90 bits per heavy atom. The molecule has 7 nitrogen and oxygen atoms in total. The first-order valence-electron chi connectivity index (χ1n) is 10.3. The van der Waals surface area contributed by atoms with Crippen LogP contribution in [0.4, 0.5) is 0 Å². The van der Waals surface area contributed by atoms with Gasteiger partial charge < -0.3 is 9.64 Å². The Morgan fingerprint density at radius 3 is 2.63 bits per heavy atom. The fourth-order valence-electron chi connectivity index (χ4n) is 4.04. The summed E-state index contributed by atoms with van der Waals surface area (Å²) in [6.07, 6.45) is 4.49. The van der Waals surface area contributed by atoms with E-state index in [-0.39, 0.29) is 11.6 Å². The number of methoxy groups -OCH3 is 1. The molecule has 0 bridgehead atoms. The molecule has 0 radical (unpaired) electrons. The molecule has 1 amide bonds. The Morgan fingerprint density at radius 1 is 1.13 bits per heavy atom. The number of ether oxygens (including phenoxy) is 1. The number of nitrogens with zero attached hydrogens (tertiary/aromatic N) is 4. The molecule has 1 aliphatic heterocycles. The lowest BCUT2D eigenvalue weighted by molar-refractivity contribution is 0.0682. The highest BCUT2D eigenvalue weighted by Gasteiger charge is 2.27. The topological polar surface area (TPSA) is 77.3 Å². The van der Waals surface area contributed by atoms with Gasteiger partial charge in [0.25, 0.3) is 11.5 Å². The molecule has 156 valence electrons. The standard InChI is InChI=1S/C23H26N4O3/c1-30-15-14-27-21-19(8-5-11-24-21)25-20(23(27)29)22(28)26-12-9-18(10-13-26)16-17-6-3-2-4-7-17/h2-8,11,18H,9-10,12-16H2,1H3. The third-order valence-electron chi connectivity index (χ3n) is 5.69. The number of benzene rings is 1. The molecule has 3 heterocycles. The first-order chi connectivity index (χ1) is 14.7. The van der Waals surface area contributed by atoms with Crippen LogP contribution in [0.1, 0.15) is 28.9 Å². The van der Waals surface area contributed by atoms with Gasteiger partial charge in [-0.2, -0.15) is 0 Å². The maximum absolute atomic E-state index is 13.2. The largest absolute Gasteiger partial charge is 0.383 e. The van der Waals surface area contributed by atoms with Crippen LogP contribution in [-0.4, -0.2) is 52.1 Å². The first kappa shape index (κ1) is 20.2. The molecule has 0 spiro atoms. The first-order valence-corrected chi connectivity index (χ1v) is 10.3. The Bertz CT molecular complexity index is 1070. The van der Waals surface area contributed by atoms with Gasteiger partial charge >= 0.3 is 0 Å². The molecule has 30 heavy (non-hydrogen) atoms. The van der Waals surface area contributed by atoms with Gasteiger partial charge in [-0.1, -0.05) is 30.3 Å². The molecule has 7 heteroatoms. The third kappa shape index (κ3) is 4.26. The van der Waals surface area contributed by atoms with Crippen molar-refractivity contribution >= 4 is 17.1 Å². The van der Waals surface area contributed by atoms with Crippen LogP contribution >= 0.6 is 0 Å². The monoisotopic (exact) mass is 406 g/mol. The number of hydrogen-bond acceptors (Lipinski definition) is 5. The molecule has 1 saturated heterocycles. The van der Waals surface area contributed by atoms with Crippen LogP contribution in [0.25, 0.3) is 11.2 Å². The predicted octanol–water partition coefficient (Wildman–Crippen LogP) is 2.53. The molecule has 2 aromatic heterocycles. The Balaban J connectivity index is 1.52. The number of amides is 1. The van der Waals surface area contributed by atoms with Crippen molar-refractivity contribution in [2.45, 2.75) is 25.8 Å². The minimum Gasteiger partial charge on any atom is -0.383 e. The van der Waals surface area contributed by atoms with Crippen molar-refractivity contribution in [2.24, 2.45) is 5.92 Å². The number of piperidine rings is 1. The average Bonchev–Trinajstić information content (AvgIpc) is 2.79. The van der Waals surface area contributed by atoms with Gasteiger partial charge in [0, 0.05) is 26.4 Å². The zero-order chi connectivity index (χ0) is 20.9. The van der Waals surface area contributed by atoms with E-state index in [0.717, 1.165) is 19.3 Å². The van der Waals surface area contributed by atoms with Gasteiger partial charge in [0.05, 0.1) is 13.2 Å². The fourth-order valence-corrected chi connectivity index (χ4v) is 4.04. The number of carbonyl (C=O) groups is 1. The van der Waals surface area contributed by atoms with E-state index >= 15 is 0 Å². The van der Waals surface area contributed by atoms with Gasteiger partial charge in [-0.05, 0) is 42.9 Å². The summed E-state index contributed by atoms with van der Waals surface area (Å²) in [4.78, 5) is 36.6. The molecule has 0 atom stereocenters. The molecule has 0 saturated carbocycles. The van der Waals surface area contributed by atoms with Gasteiger partial charge in [-0.25, -0.2) is 9.97 Å². The van der Waals surface area contributed by atoms with E-state index in [9.17, 15) is 9.59 Å². The van der Waals surface area contributed by atoms with E-state index in [1.165, 1.54) is 10.1 Å². The highest BCUT2D eigenvalue weighted by Crippen LogP contribution is 2.22. The average molecular weight is 406 g/mol. The minimum absolute atomic E-state index is 0.0342. The van der Waals surface area contributed by atoms with Gasteiger partial charge in [0.15, 0.2) is 11.3 Å². The number of aromatic nitrogens is 3. The van der Waals surface area contributed by atoms with E-state index in [1.807, 2.05) is 6.07 Å². The van der Waals surface area contributed by atoms with E-state index in [2.05, 4.69) is 34.2 Å². The molecule has 1 aromatic carbocycles. The number of hydrogen-bond donors (Lipinski definition) is 0. The van der Waals surface area contributed by atoms with E-state index in [4.69, 9.17) is 4.74 Å². The number of carbonyl (C=O) groups excluding carboxylic acids is 1. The van der Waals surface area contributed by atoms with Crippen molar-refractivity contribution in [1.82, 2.24) is 19.4 Å². The van der Waals surface area contributed by atoms with Crippen molar-refractivity contribution in [1.29, 1.82) is 0 Å². The maximum Gasteiger partial charge on any atom is 0.283 e. The van der Waals surface area contributed by atoms with Crippen LogP contribution in [0.2, 0.25) is 0 Å². The fraction of sp³-hybridized carbons (Fsp3) is 0.391. The molecule has 0 unspecified atom stereocenters. The molecule has 1 aliphatic rings. The SMILES string of the molecule is COCCn1c(=O)c(C(=O)N2CCC(Cc3ccccc3)CC2)nc2cccnc21. The van der Waals surface area contributed by atoms with Crippen molar-refractivity contribution in [3.63, 3.8) is 0 Å². The van der Waals surface area contributed by atoms with Crippen LogP contribution in [0.3, 0.4) is 0 Å². The Kier molecular flexibility index (Phi) is 6.18. The van der Waals surface area contributed by atoms with Crippen molar-refractivity contribution in [2.75, 3.05) is 26.8 Å². The zero-order valence-corrected chi connectivity index (χ0v) is 17.2. The maximum atomic E-state index is 13.2. The van der Waals surface area contributed by atoms with Gasteiger partial charge in [-0.3, -0.25) is 14.2 Å². The third-order valence-corrected chi connectivity index (χ3v) is 5.69. The van der Waals surface area contributed by atoms with E-state index < -0.39 is 5.56 Å². The summed E-state index contributed by atoms with van der Waals surface area (Å²) in [5, 5.41) is 0. The molecule has 3 aromatic rings. The molecular weight excluding hydrogens is 380 g/mol. The van der Waals surface area contributed by atoms with Gasteiger partial charge in [0.1, 0.15) is 5.52 Å². The predicted molar refractivity (Wildman–Crippen MR) is 114 cm³/mol. The van der Waals surface area contributed by atoms with Gasteiger partial charge in [-0.15, -0.1) is 0 Å². The number of likely N-dealkylation sites (tertiary alicyclic amines) is 1. The Labute approximate surface area is 175 Å². The van der Waals surface area contributed by atoms with Crippen LogP contribution in [-0.2, 0) is 17.7 Å². The number of fused-ring (bicyclic) bond motifs is 1. The molecule has 4 rings (SSSR count). The molecular formula is C23H26N4O3. The van der Waals surface area contributed by atoms with E-state index in [0.29, 0.717) is 43.3 Å². The lowest BCUT2D eigenvalue weighted by atomic mass is 9.90. The summed E-state index contributed by atoms with van der Waals surface area (Å²) in [6.45, 7) is 1.96. The van der Waals surface area contributed by atoms with Crippen LogP contribution in [0.5, 0.6) is 0 Å². The van der Waals surface area contributed by atoms with Crippen LogP contribution in [0, 0.1) is 5.92 Å². The van der Waals surface area contributed by atoms with Crippen molar-refractivity contribution in [3.8, 4) is 0 Å². The summed E-state index contributed by atoms with van der Waals surface area (Å²) in [5.74, 6) is 0.249. The quantitative estimate of drug-likeness (QED) is 0.629. The van der Waals surface area contributed by atoms with Gasteiger partial charge in [0.2, 0.25) is 0 Å². The lowest BCUT2D eigenvalue weighted by Crippen LogP contribution is -2.42. The normalized spacial score (nSPS) is 14.9. The summed E-state index contributed by atoms with van der Waals surface area (Å²) in [5.41, 5.74) is 1.89. The Hall–Kier alpha value is -3.06. The van der Waals surface area contributed by atoms with Crippen LogP contribution in [0.15, 0.2) is 53.5 Å². The van der Waals surface area contributed by atoms with Crippen molar-refractivity contribution in [3.05, 3.63) is 70.3 Å². The van der Waals surface area contributed by atoms with E-state index in [1.54, 1.807) is 30.3 Å². The second-order valence-corrected chi connectivity index (χ2v) is 7.68. The highest BCUT2D eigenvalue weighted by molar-refractivity contribution is 5.93. The summed E-state index contributed by atoms with van der Waals surface area (Å²) < 4.78 is 6.61. The van der Waals surface area contributed by atoms with Crippen LogP contribution < -0.4 is 5.56 Å². The summed E-state index contributed by atoms with van der Waals surface area (Å²) in [6, 6.07) is 14.0. The minimum atomic E-state index is -0.408. The molecule has 1 fully saturated rings. The number of rotatable bonds is 6.